The summed E-state index contributed by atoms with van der Waals surface area (Å²) in [5.41, 5.74) is 3.48. The van der Waals surface area contributed by atoms with Crippen LogP contribution in [0.4, 0.5) is 17.2 Å². The topological polar surface area (TPSA) is 123 Å². The van der Waals surface area contributed by atoms with Gasteiger partial charge in [0.15, 0.2) is 17.2 Å². The van der Waals surface area contributed by atoms with Crippen LogP contribution < -0.4 is 16.0 Å². The van der Waals surface area contributed by atoms with Gasteiger partial charge >= 0.3 is 0 Å². The van der Waals surface area contributed by atoms with Crippen LogP contribution in [0.15, 0.2) is 24.4 Å². The molecule has 1 fully saturated rings. The van der Waals surface area contributed by atoms with Crippen LogP contribution in [0.2, 0.25) is 0 Å². The Labute approximate surface area is 187 Å². The van der Waals surface area contributed by atoms with Crippen molar-refractivity contribution in [1.82, 2.24) is 34.9 Å². The molecule has 6 rings (SSSR count). The molecule has 0 unspecified atom stereocenters. The number of hydrogen-bond acceptors (Lipinski definition) is 8. The maximum Gasteiger partial charge on any atom is 0.271 e. The van der Waals surface area contributed by atoms with E-state index in [9.17, 15) is 4.79 Å². The van der Waals surface area contributed by atoms with E-state index in [0.717, 1.165) is 29.5 Å². The number of fused-ring (bicyclic) bond motifs is 6. The van der Waals surface area contributed by atoms with Crippen LogP contribution in [-0.2, 0) is 18.3 Å². The van der Waals surface area contributed by atoms with Crippen molar-refractivity contribution in [2.45, 2.75) is 38.0 Å². The lowest BCUT2D eigenvalue weighted by Crippen LogP contribution is -2.41. The molecule has 4 aromatic rings. The van der Waals surface area contributed by atoms with Crippen LogP contribution in [0.1, 0.15) is 39.4 Å². The summed E-state index contributed by atoms with van der Waals surface area (Å²) >= 11 is 0. The lowest BCUT2D eigenvalue weighted by Gasteiger charge is -2.22. The Hall–Kier alpha value is -3.73. The number of aryl methyl sites for hydroxylation is 1. The van der Waals surface area contributed by atoms with Gasteiger partial charge in [-0.25, -0.2) is 14.2 Å². The molecule has 1 amide bonds. The molecule has 0 saturated heterocycles. The number of ether oxygens (including phenoxy) is 1. The van der Waals surface area contributed by atoms with E-state index in [-0.39, 0.29) is 24.7 Å². The Bertz CT molecular complexity index is 1460. The summed E-state index contributed by atoms with van der Waals surface area (Å²) in [5.74, 6) is 0.135. The maximum atomic E-state index is 13.2. The third kappa shape index (κ3) is 2.96. The molecule has 2 atom stereocenters. The average Bonchev–Trinajstić information content (AvgIpc) is 3.54. The number of amides is 1. The SMILES string of the molecule is [2H]C([2H])([2H])n1nnc2c3cc(cc21)CO[C@@H]1CCC[C@H]1NC(=O)c1cnc2c(NC)cc(nn12)N3. The molecule has 164 valence electrons. The van der Waals surface area contributed by atoms with Crippen LogP contribution in [-0.4, -0.2) is 54.7 Å². The average molecular weight is 436 g/mol. The highest BCUT2D eigenvalue weighted by Gasteiger charge is 2.31. The maximum absolute atomic E-state index is 13.2. The number of aromatic nitrogens is 6. The van der Waals surface area contributed by atoms with Crippen molar-refractivity contribution >= 4 is 39.8 Å². The first-order valence-corrected chi connectivity index (χ1v) is 10.5. The van der Waals surface area contributed by atoms with Gasteiger partial charge < -0.3 is 20.7 Å². The van der Waals surface area contributed by atoms with Crippen LogP contribution in [0.5, 0.6) is 0 Å². The highest BCUT2D eigenvalue weighted by Crippen LogP contribution is 2.30. The summed E-state index contributed by atoms with van der Waals surface area (Å²) < 4.78 is 32.2. The number of rotatable bonds is 1. The minimum Gasteiger partial charge on any atom is -0.385 e. The molecule has 4 bridgehead atoms. The van der Waals surface area contributed by atoms with E-state index < -0.39 is 6.98 Å². The highest BCUT2D eigenvalue weighted by molar-refractivity contribution is 5.94. The van der Waals surface area contributed by atoms with Gasteiger partial charge in [-0.15, -0.1) is 10.2 Å². The number of hydrogen-bond donors (Lipinski definition) is 3. The van der Waals surface area contributed by atoms with Gasteiger partial charge in [0.25, 0.3) is 5.91 Å². The first kappa shape index (κ1) is 16.0. The quantitative estimate of drug-likeness (QED) is 0.414. The molecule has 3 N–H and O–H groups in total. The van der Waals surface area contributed by atoms with Gasteiger partial charge in [0.1, 0.15) is 5.52 Å². The zero-order valence-electron chi connectivity index (χ0n) is 20.3. The second kappa shape index (κ2) is 7.16. The zero-order valence-corrected chi connectivity index (χ0v) is 17.3. The fraction of sp³-hybridized carbons (Fsp3) is 0.381. The van der Waals surface area contributed by atoms with Gasteiger partial charge in [-0.1, -0.05) is 5.21 Å². The Morgan fingerprint density at radius 3 is 3.12 bits per heavy atom. The number of benzene rings is 1. The van der Waals surface area contributed by atoms with Crippen molar-refractivity contribution in [3.05, 3.63) is 35.7 Å². The molecule has 32 heavy (non-hydrogen) atoms. The van der Waals surface area contributed by atoms with E-state index in [4.69, 9.17) is 8.85 Å². The Morgan fingerprint density at radius 1 is 1.31 bits per heavy atom. The summed E-state index contributed by atoms with van der Waals surface area (Å²) in [7, 11) is 1.76. The molecule has 2 aliphatic rings. The van der Waals surface area contributed by atoms with Gasteiger partial charge in [-0.2, -0.15) is 0 Å². The van der Waals surface area contributed by atoms with Gasteiger partial charge in [0.05, 0.1) is 41.8 Å². The molecule has 11 heteroatoms. The molecule has 1 aromatic carbocycles. The minimum absolute atomic E-state index is 0.154. The standard InChI is InChI=1S/C21H23N9O2/c1-22-14-8-18-24-13-6-11(7-15-19(13)26-28-29(15)2)10-32-17-5-3-4-12(17)25-21(31)16-9-23-20(14)30(16)27-18/h6-9,12,17,22H,3-5,10H2,1-2H3,(H,24,27)(H,25,31)/t12-,17-/m1/s1/i2D3. The molecular weight excluding hydrogens is 410 g/mol. The van der Waals surface area contributed by atoms with E-state index in [1.807, 2.05) is 6.07 Å². The van der Waals surface area contributed by atoms with Crippen molar-refractivity contribution in [2.24, 2.45) is 6.98 Å². The van der Waals surface area contributed by atoms with E-state index in [1.54, 1.807) is 19.2 Å². The third-order valence-electron chi connectivity index (χ3n) is 6.08. The van der Waals surface area contributed by atoms with E-state index >= 15 is 0 Å². The van der Waals surface area contributed by atoms with Crippen molar-refractivity contribution < 1.29 is 13.6 Å². The monoisotopic (exact) mass is 436 g/mol. The molecule has 1 saturated carbocycles. The van der Waals surface area contributed by atoms with Gasteiger partial charge in [-0.05, 0) is 37.0 Å². The summed E-state index contributed by atoms with van der Waals surface area (Å²) in [6, 6.07) is 5.19. The molecule has 1 aliphatic heterocycles. The van der Waals surface area contributed by atoms with Crippen LogP contribution >= 0.6 is 0 Å². The minimum atomic E-state index is -2.49. The van der Waals surface area contributed by atoms with Crippen molar-refractivity contribution in [1.29, 1.82) is 0 Å². The molecule has 0 spiro atoms. The molecular formula is C21H23N9O2. The van der Waals surface area contributed by atoms with Gasteiger partial charge in [0.2, 0.25) is 0 Å². The largest absolute Gasteiger partial charge is 0.385 e. The van der Waals surface area contributed by atoms with Gasteiger partial charge in [0, 0.05) is 24.2 Å². The van der Waals surface area contributed by atoms with Crippen LogP contribution in [0, 0.1) is 0 Å². The fourth-order valence-electron chi connectivity index (χ4n) is 4.50. The molecule has 4 heterocycles. The van der Waals surface area contributed by atoms with Crippen molar-refractivity contribution in [2.75, 3.05) is 17.7 Å². The lowest BCUT2D eigenvalue weighted by atomic mass is 10.1. The number of carbonyl (C=O) groups is 1. The Morgan fingerprint density at radius 2 is 2.25 bits per heavy atom. The number of nitrogens with zero attached hydrogens (tertiary/aromatic N) is 6. The number of anilines is 3. The van der Waals surface area contributed by atoms with Crippen molar-refractivity contribution in [3.8, 4) is 0 Å². The molecule has 0 radical (unpaired) electrons. The number of imidazole rings is 1. The predicted molar refractivity (Wildman–Crippen MR) is 118 cm³/mol. The summed E-state index contributed by atoms with van der Waals surface area (Å²) in [5, 5.41) is 22.0. The lowest BCUT2D eigenvalue weighted by molar-refractivity contribution is 0.0271. The van der Waals surface area contributed by atoms with Gasteiger partial charge in [-0.3, -0.25) is 4.79 Å². The first-order chi connectivity index (χ1) is 16.8. The Balaban J connectivity index is 1.56. The predicted octanol–water partition coefficient (Wildman–Crippen LogP) is 1.98. The third-order valence-corrected chi connectivity index (χ3v) is 6.08. The van der Waals surface area contributed by atoms with E-state index in [1.165, 1.54) is 10.7 Å². The second-order valence-electron chi connectivity index (χ2n) is 8.07. The molecule has 11 nitrogen and oxygen atoms in total. The Kier molecular flexibility index (Phi) is 3.58. The molecule has 1 aliphatic carbocycles. The number of carbonyl (C=O) groups excluding carboxylic acids is 1. The normalized spacial score (nSPS) is 22.5. The zero-order chi connectivity index (χ0) is 24.3. The van der Waals surface area contributed by atoms with Crippen LogP contribution in [0.3, 0.4) is 0 Å². The van der Waals surface area contributed by atoms with Crippen LogP contribution in [0.25, 0.3) is 16.7 Å². The second-order valence-corrected chi connectivity index (χ2v) is 8.07. The fourth-order valence-corrected chi connectivity index (χ4v) is 4.50. The number of nitrogens with one attached hydrogen (secondary N) is 3. The molecule has 3 aromatic heterocycles. The van der Waals surface area contributed by atoms with E-state index in [0.29, 0.717) is 39.6 Å². The summed E-state index contributed by atoms with van der Waals surface area (Å²) in [6.07, 6.45) is 3.87. The van der Waals surface area contributed by atoms with Crippen molar-refractivity contribution in [3.63, 3.8) is 0 Å². The summed E-state index contributed by atoms with van der Waals surface area (Å²) in [4.78, 5) is 17.6. The summed E-state index contributed by atoms with van der Waals surface area (Å²) in [6.45, 7) is -2.25. The first-order valence-electron chi connectivity index (χ1n) is 12.0. The highest BCUT2D eigenvalue weighted by atomic mass is 16.5. The van der Waals surface area contributed by atoms with E-state index in [2.05, 4.69) is 36.3 Å². The smallest absolute Gasteiger partial charge is 0.271 e.